The van der Waals surface area contributed by atoms with Gasteiger partial charge in [0.2, 0.25) is 5.91 Å². The number of aryl methyl sites for hydroxylation is 2. The highest BCUT2D eigenvalue weighted by atomic mass is 32.2. The summed E-state index contributed by atoms with van der Waals surface area (Å²) in [6.07, 6.45) is 1.18. The second-order valence-electron chi connectivity index (χ2n) is 8.64. The molecule has 1 atom stereocenters. The van der Waals surface area contributed by atoms with E-state index in [1.165, 1.54) is 4.31 Å². The number of nitrogens with one attached hydrogen (secondary N) is 1. The molecule has 0 bridgehead atoms. The van der Waals surface area contributed by atoms with Gasteiger partial charge in [0, 0.05) is 19.5 Å². The highest BCUT2D eigenvalue weighted by Crippen LogP contribution is 2.29. The van der Waals surface area contributed by atoms with Gasteiger partial charge in [-0.15, -0.1) is 0 Å². The molecule has 1 aliphatic rings. The molecule has 7 heteroatoms. The predicted octanol–water partition coefficient (Wildman–Crippen LogP) is 3.95. The molecule has 168 valence electrons. The minimum Gasteiger partial charge on any atom is -0.372 e. The molecule has 0 radical (unpaired) electrons. The van der Waals surface area contributed by atoms with Crippen molar-refractivity contribution in [2.75, 3.05) is 17.4 Å². The first-order chi connectivity index (χ1) is 14.7. The van der Waals surface area contributed by atoms with Gasteiger partial charge in [-0.3, -0.25) is 9.10 Å². The largest absolute Gasteiger partial charge is 0.372 e. The SMILES string of the molecule is Cc1ccc(N(CC(C)C)S(=O)(=O)c2ccc(COC3CCC(=O)NC3)cc2)c(C)c1. The van der Waals surface area contributed by atoms with E-state index in [1.807, 2.05) is 45.9 Å². The Hall–Kier alpha value is -2.38. The molecule has 1 fully saturated rings. The maximum Gasteiger partial charge on any atom is 0.264 e. The lowest BCUT2D eigenvalue weighted by atomic mass is 10.1. The number of anilines is 1. The van der Waals surface area contributed by atoms with Crippen LogP contribution in [0.25, 0.3) is 0 Å². The number of piperidine rings is 1. The fraction of sp³-hybridized carbons (Fsp3) is 0.458. The van der Waals surface area contributed by atoms with Gasteiger partial charge >= 0.3 is 0 Å². The Morgan fingerprint density at radius 1 is 1.13 bits per heavy atom. The second-order valence-corrected chi connectivity index (χ2v) is 10.5. The van der Waals surface area contributed by atoms with Crippen molar-refractivity contribution in [1.29, 1.82) is 0 Å². The van der Waals surface area contributed by atoms with Gasteiger partial charge in [-0.2, -0.15) is 0 Å². The molecule has 2 aromatic rings. The van der Waals surface area contributed by atoms with Gasteiger partial charge in [-0.05, 0) is 55.5 Å². The van der Waals surface area contributed by atoms with Crippen LogP contribution in [0.4, 0.5) is 5.69 Å². The van der Waals surface area contributed by atoms with Crippen LogP contribution in [0.5, 0.6) is 0 Å². The molecule has 6 nitrogen and oxygen atoms in total. The van der Waals surface area contributed by atoms with Crippen LogP contribution in [0, 0.1) is 19.8 Å². The normalized spacial score (nSPS) is 16.9. The molecule has 0 spiro atoms. The van der Waals surface area contributed by atoms with Crippen LogP contribution in [0.3, 0.4) is 0 Å². The van der Waals surface area contributed by atoms with E-state index in [-0.39, 0.29) is 22.8 Å². The van der Waals surface area contributed by atoms with Crippen molar-refractivity contribution in [3.8, 4) is 0 Å². The van der Waals surface area contributed by atoms with E-state index in [4.69, 9.17) is 4.74 Å². The minimum atomic E-state index is -3.70. The summed E-state index contributed by atoms with van der Waals surface area (Å²) < 4.78 is 34.4. The Morgan fingerprint density at radius 2 is 1.84 bits per heavy atom. The van der Waals surface area contributed by atoms with E-state index in [2.05, 4.69) is 5.32 Å². The molecule has 1 N–H and O–H groups in total. The third-order valence-corrected chi connectivity index (χ3v) is 7.16. The highest BCUT2D eigenvalue weighted by molar-refractivity contribution is 7.92. The first-order valence-electron chi connectivity index (χ1n) is 10.7. The Bertz CT molecular complexity index is 1010. The van der Waals surface area contributed by atoms with Gasteiger partial charge < -0.3 is 10.1 Å². The van der Waals surface area contributed by atoms with Crippen molar-refractivity contribution >= 4 is 21.6 Å². The number of hydrogen-bond acceptors (Lipinski definition) is 4. The van der Waals surface area contributed by atoms with Crippen LogP contribution in [-0.4, -0.2) is 33.5 Å². The standard InChI is InChI=1S/C24H32N2O4S/c1-17(2)15-26(23-11-5-18(3)13-19(23)4)31(28,29)22-9-6-20(7-10-22)16-30-21-8-12-24(27)25-14-21/h5-7,9-11,13,17,21H,8,12,14-16H2,1-4H3,(H,25,27). The third kappa shape index (κ3) is 5.86. The van der Waals surface area contributed by atoms with Gasteiger partial charge in [0.05, 0.1) is 23.3 Å². The van der Waals surface area contributed by atoms with Gasteiger partial charge in [0.1, 0.15) is 0 Å². The number of sulfonamides is 1. The molecule has 1 heterocycles. The number of benzene rings is 2. The summed E-state index contributed by atoms with van der Waals surface area (Å²) in [5.41, 5.74) is 3.66. The Kier molecular flexibility index (Phi) is 7.38. The quantitative estimate of drug-likeness (QED) is 0.669. The molecule has 2 aromatic carbocycles. The molecule has 1 unspecified atom stereocenters. The minimum absolute atomic E-state index is 0.00726. The lowest BCUT2D eigenvalue weighted by Gasteiger charge is -2.28. The number of nitrogens with zero attached hydrogens (tertiary/aromatic N) is 1. The number of carbonyl (C=O) groups is 1. The van der Waals surface area contributed by atoms with Crippen molar-refractivity contribution in [3.05, 3.63) is 59.2 Å². The van der Waals surface area contributed by atoms with Crippen LogP contribution < -0.4 is 9.62 Å². The zero-order valence-corrected chi connectivity index (χ0v) is 19.5. The number of carbonyl (C=O) groups excluding carboxylic acids is 1. The number of amides is 1. The zero-order valence-electron chi connectivity index (χ0n) is 18.7. The van der Waals surface area contributed by atoms with Gasteiger partial charge in [0.25, 0.3) is 10.0 Å². The molecule has 0 saturated carbocycles. The fourth-order valence-corrected chi connectivity index (χ4v) is 5.39. The molecule has 0 aliphatic carbocycles. The summed E-state index contributed by atoms with van der Waals surface area (Å²) in [6.45, 7) is 9.28. The average Bonchev–Trinajstić information content (AvgIpc) is 2.72. The van der Waals surface area contributed by atoms with Crippen molar-refractivity contribution < 1.29 is 17.9 Å². The van der Waals surface area contributed by atoms with Gasteiger partial charge in [-0.25, -0.2) is 8.42 Å². The lowest BCUT2D eigenvalue weighted by Crippen LogP contribution is -2.39. The van der Waals surface area contributed by atoms with Gasteiger partial charge in [-0.1, -0.05) is 43.7 Å². The van der Waals surface area contributed by atoms with E-state index in [0.717, 1.165) is 16.7 Å². The Morgan fingerprint density at radius 3 is 2.42 bits per heavy atom. The Labute approximate surface area is 185 Å². The number of ether oxygens (including phenoxy) is 1. The molecule has 1 aliphatic heterocycles. The van der Waals surface area contributed by atoms with Crippen LogP contribution in [0.1, 0.15) is 43.4 Å². The average molecular weight is 445 g/mol. The van der Waals surface area contributed by atoms with E-state index >= 15 is 0 Å². The topological polar surface area (TPSA) is 75.7 Å². The molecule has 1 amide bonds. The lowest BCUT2D eigenvalue weighted by molar-refractivity contribution is -0.125. The summed E-state index contributed by atoms with van der Waals surface area (Å²) in [6, 6.07) is 12.7. The maximum atomic E-state index is 13.5. The monoisotopic (exact) mass is 444 g/mol. The predicted molar refractivity (Wildman–Crippen MR) is 123 cm³/mol. The fourth-order valence-electron chi connectivity index (χ4n) is 3.69. The van der Waals surface area contributed by atoms with Crippen molar-refractivity contribution in [2.24, 2.45) is 5.92 Å². The third-order valence-electron chi connectivity index (χ3n) is 5.37. The summed E-state index contributed by atoms with van der Waals surface area (Å²) >= 11 is 0. The molecular formula is C24H32N2O4S. The smallest absolute Gasteiger partial charge is 0.264 e. The first-order valence-corrected chi connectivity index (χ1v) is 12.2. The van der Waals surface area contributed by atoms with Crippen LogP contribution in [0.2, 0.25) is 0 Å². The van der Waals surface area contributed by atoms with Crippen LogP contribution in [0.15, 0.2) is 47.4 Å². The first kappa shape index (κ1) is 23.3. The summed E-state index contributed by atoms with van der Waals surface area (Å²) in [5.74, 6) is 0.239. The van der Waals surface area contributed by atoms with E-state index in [9.17, 15) is 13.2 Å². The van der Waals surface area contributed by atoms with Crippen molar-refractivity contribution in [2.45, 2.75) is 58.1 Å². The van der Waals surface area contributed by atoms with Crippen molar-refractivity contribution in [3.63, 3.8) is 0 Å². The molecular weight excluding hydrogens is 412 g/mol. The summed E-state index contributed by atoms with van der Waals surface area (Å²) in [4.78, 5) is 11.5. The summed E-state index contributed by atoms with van der Waals surface area (Å²) in [7, 11) is -3.70. The zero-order chi connectivity index (χ0) is 22.6. The molecule has 3 rings (SSSR count). The molecule has 0 aromatic heterocycles. The van der Waals surface area contributed by atoms with Crippen molar-refractivity contribution in [1.82, 2.24) is 5.32 Å². The maximum absolute atomic E-state index is 13.5. The van der Waals surface area contributed by atoms with Crippen LogP contribution in [-0.2, 0) is 26.2 Å². The van der Waals surface area contributed by atoms with Crippen LogP contribution >= 0.6 is 0 Å². The molecule has 31 heavy (non-hydrogen) atoms. The second kappa shape index (κ2) is 9.83. The number of hydrogen-bond donors (Lipinski definition) is 1. The van der Waals surface area contributed by atoms with Gasteiger partial charge in [0.15, 0.2) is 0 Å². The van der Waals surface area contributed by atoms with E-state index in [1.54, 1.807) is 24.3 Å². The summed E-state index contributed by atoms with van der Waals surface area (Å²) in [5, 5.41) is 2.80. The molecule has 1 saturated heterocycles. The van der Waals surface area contributed by atoms with E-state index in [0.29, 0.717) is 38.2 Å². The van der Waals surface area contributed by atoms with E-state index < -0.39 is 10.0 Å². The highest BCUT2D eigenvalue weighted by Gasteiger charge is 2.27. The number of rotatable bonds is 8. The Balaban J connectivity index is 1.77.